The van der Waals surface area contributed by atoms with Crippen LogP contribution in [-0.4, -0.2) is 80.9 Å². The van der Waals surface area contributed by atoms with Crippen molar-refractivity contribution in [2.24, 2.45) is 13.0 Å². The Labute approximate surface area is 359 Å². The van der Waals surface area contributed by atoms with Crippen LogP contribution >= 0.6 is 0 Å². The molecule has 0 bridgehead atoms. The van der Waals surface area contributed by atoms with E-state index in [1.54, 1.807) is 71.0 Å². The summed E-state index contributed by atoms with van der Waals surface area (Å²) < 4.78 is 46.0. The lowest BCUT2D eigenvalue weighted by molar-refractivity contribution is 0.0659. The summed E-state index contributed by atoms with van der Waals surface area (Å²) in [5.74, 6) is -1.95. The van der Waals surface area contributed by atoms with Crippen molar-refractivity contribution in [3.8, 4) is 17.2 Å². The van der Waals surface area contributed by atoms with Gasteiger partial charge in [0, 0.05) is 62.0 Å². The first-order valence-corrected chi connectivity index (χ1v) is 21.1. The van der Waals surface area contributed by atoms with Crippen molar-refractivity contribution in [2.75, 3.05) is 19.8 Å². The summed E-state index contributed by atoms with van der Waals surface area (Å²) in [6, 6.07) is 13.6. The molecule has 3 N–H and O–H groups in total. The molecule has 2 fully saturated rings. The van der Waals surface area contributed by atoms with E-state index in [1.807, 2.05) is 45.2 Å². The van der Waals surface area contributed by atoms with Gasteiger partial charge >= 0.3 is 11.8 Å². The van der Waals surface area contributed by atoms with Crippen LogP contribution in [0.3, 0.4) is 0 Å². The molecule has 0 unspecified atom stereocenters. The van der Waals surface area contributed by atoms with Gasteiger partial charge in [0.1, 0.15) is 28.7 Å². The smallest absolute Gasteiger partial charge is 0.410 e. The summed E-state index contributed by atoms with van der Waals surface area (Å²) in [5.41, 5.74) is 3.21. The molecule has 4 aromatic heterocycles. The van der Waals surface area contributed by atoms with Crippen LogP contribution in [0.1, 0.15) is 83.5 Å². The molecule has 15 nitrogen and oxygen atoms in total. The number of nitrogens with zero attached hydrogens (tertiary/aromatic N) is 8. The number of carboxylic acid groups (broad SMARTS) is 1. The number of hydrogen-bond acceptors (Lipinski definition) is 7. The first-order valence-electron chi connectivity index (χ1n) is 21.1. The minimum absolute atomic E-state index is 0.131. The van der Waals surface area contributed by atoms with Crippen molar-refractivity contribution in [2.45, 2.75) is 70.9 Å². The number of hydrogen-bond donors (Lipinski definition) is 3. The van der Waals surface area contributed by atoms with Gasteiger partial charge < -0.3 is 19.3 Å². The Bertz CT molecular complexity index is 3110. The van der Waals surface area contributed by atoms with Crippen molar-refractivity contribution < 1.29 is 28.2 Å². The van der Waals surface area contributed by atoms with Gasteiger partial charge in [0.15, 0.2) is 5.82 Å². The summed E-state index contributed by atoms with van der Waals surface area (Å²) in [7, 11) is 1.84. The number of rotatable bonds is 7. The number of halogens is 2. The van der Waals surface area contributed by atoms with Gasteiger partial charge in [0.05, 0.1) is 40.3 Å². The topological polar surface area (TPSA) is 170 Å². The molecule has 3 atom stereocenters. The fraction of sp³-hybridized carbons (Fsp3) is 0.348. The number of aromatic nitrogens is 7. The number of amides is 2. The van der Waals surface area contributed by atoms with Crippen LogP contribution in [-0.2, 0) is 23.7 Å². The molecule has 0 radical (unpaired) electrons. The number of nitrogens with one attached hydrogen (secondary N) is 2. The van der Waals surface area contributed by atoms with E-state index < -0.39 is 35.1 Å². The maximum absolute atomic E-state index is 17.5. The summed E-state index contributed by atoms with van der Waals surface area (Å²) in [6.45, 7) is 8.28. The highest BCUT2D eigenvalue weighted by molar-refractivity contribution is 6.05. The van der Waals surface area contributed by atoms with Crippen LogP contribution in [0.15, 0.2) is 71.9 Å². The number of fused-ring (bicyclic) bond motifs is 3. The molecule has 0 spiro atoms. The zero-order chi connectivity index (χ0) is 44.2. The van der Waals surface area contributed by atoms with Gasteiger partial charge in [0.25, 0.3) is 5.91 Å². The van der Waals surface area contributed by atoms with Crippen molar-refractivity contribution in [1.29, 1.82) is 5.41 Å². The van der Waals surface area contributed by atoms with E-state index in [-0.39, 0.29) is 47.5 Å². The molecule has 1 saturated carbocycles. The number of ether oxygens (including phenoxy) is 1. The number of carbonyl (C=O) groups is 2. The first-order chi connectivity index (χ1) is 30.2. The molecule has 17 heteroatoms. The van der Waals surface area contributed by atoms with Crippen molar-refractivity contribution in [1.82, 2.24) is 43.5 Å². The molecular formula is C46H46F2N10O5. The van der Waals surface area contributed by atoms with Crippen LogP contribution in [0, 0.1) is 36.8 Å². The molecular weight excluding hydrogens is 811 g/mol. The number of imidazole rings is 1. The molecule has 7 aromatic rings. The Morgan fingerprint density at radius 3 is 2.35 bits per heavy atom. The van der Waals surface area contributed by atoms with Crippen LogP contribution in [0.2, 0.25) is 0 Å². The molecule has 6 heterocycles. The van der Waals surface area contributed by atoms with Gasteiger partial charge in [0.2, 0.25) is 0 Å². The molecule has 1 aliphatic carbocycles. The van der Waals surface area contributed by atoms with E-state index in [1.165, 1.54) is 13.7 Å². The van der Waals surface area contributed by atoms with Gasteiger partial charge in [-0.2, -0.15) is 10.2 Å². The average Bonchev–Trinajstić information content (AvgIpc) is 3.62. The molecule has 324 valence electrons. The minimum atomic E-state index is -1.43. The summed E-state index contributed by atoms with van der Waals surface area (Å²) in [4.78, 5) is 43.5. The second-order valence-corrected chi connectivity index (χ2v) is 17.2. The fourth-order valence-electron chi connectivity index (χ4n) is 10.1. The molecule has 3 aromatic carbocycles. The lowest BCUT2D eigenvalue weighted by atomic mass is 9.91. The number of aryl methyl sites for hydroxylation is 3. The molecule has 2 aliphatic heterocycles. The largest absolute Gasteiger partial charge is 0.465 e. The van der Waals surface area contributed by atoms with Gasteiger partial charge in [-0.1, -0.05) is 13.0 Å². The second-order valence-electron chi connectivity index (χ2n) is 17.2. The van der Waals surface area contributed by atoms with Gasteiger partial charge in [-0.3, -0.25) is 29.3 Å². The third-order valence-corrected chi connectivity index (χ3v) is 13.5. The first kappa shape index (κ1) is 40.2. The summed E-state index contributed by atoms with van der Waals surface area (Å²) in [6.07, 6.45) is 5.65. The third-order valence-electron chi connectivity index (χ3n) is 13.5. The van der Waals surface area contributed by atoms with Crippen LogP contribution in [0.5, 0.6) is 0 Å². The lowest BCUT2D eigenvalue weighted by Gasteiger charge is -2.34. The van der Waals surface area contributed by atoms with Crippen molar-refractivity contribution >= 4 is 39.6 Å². The van der Waals surface area contributed by atoms with Gasteiger partial charge in [-0.25, -0.2) is 23.1 Å². The zero-order valence-electron chi connectivity index (χ0n) is 35.4. The third kappa shape index (κ3) is 6.14. The molecule has 10 rings (SSSR count). The number of benzene rings is 3. The maximum atomic E-state index is 17.5. The van der Waals surface area contributed by atoms with E-state index in [2.05, 4.69) is 10.4 Å². The average molecular weight is 857 g/mol. The Balaban J connectivity index is 1.13. The molecule has 1 saturated heterocycles. The predicted octanol–water partition coefficient (Wildman–Crippen LogP) is 7.18. The monoisotopic (exact) mass is 856 g/mol. The number of carbonyl (C=O) groups excluding carboxylic acids is 1. The standard InChI is InChI=1S/C46H46F2N10O5/c1-24-18-32(19-25(2)38(24)47)58-41(56-15-14-55(45(56)62)31-7-9-35-30(20-31)23-50-53(35)5)37-27(4)54(13-10-34(37)52-58)42(59)40-39(48)33-21-29(28-11-16-63-17-12-28)6-8-36(33)57(40)46(22-26(46)3)43(49)51-44(60)61/h6-9,14-15,18-21,23,26-28H,10-13,16-17,22H2,1-5H3,(H2,49,51)(H,60,61)/t26-,27-,46-/m0/s1. The summed E-state index contributed by atoms with van der Waals surface area (Å²) in [5, 5.41) is 31.3. The zero-order valence-corrected chi connectivity index (χ0v) is 35.4. The Morgan fingerprint density at radius 1 is 0.952 bits per heavy atom. The SMILES string of the molecule is Cc1cc(-n2nc3c(c2-n2ccn(-c4ccc5c(cnn5C)c4)c2=O)[C@H](C)N(C(=O)c2c(F)c4cc(C5CCOCC5)ccc4n2[C@@]2(C(=N)NC(=O)O)C[C@@H]2C)CC3)cc(C)c1F. The molecule has 63 heavy (non-hydrogen) atoms. The van der Waals surface area contributed by atoms with Crippen LogP contribution in [0.25, 0.3) is 39.0 Å². The Kier molecular flexibility index (Phi) is 9.32. The number of amidine groups is 1. The van der Waals surface area contributed by atoms with E-state index in [4.69, 9.17) is 15.2 Å². The van der Waals surface area contributed by atoms with Crippen molar-refractivity contribution in [3.05, 3.63) is 123 Å². The van der Waals surface area contributed by atoms with E-state index in [0.29, 0.717) is 64.7 Å². The second kappa shape index (κ2) is 14.6. The van der Waals surface area contributed by atoms with Crippen molar-refractivity contribution in [3.63, 3.8) is 0 Å². The Hall–Kier alpha value is -6.88. The fourth-order valence-corrected chi connectivity index (χ4v) is 10.1. The van der Waals surface area contributed by atoms with Crippen LogP contribution < -0.4 is 11.0 Å². The van der Waals surface area contributed by atoms with Gasteiger partial charge in [-0.05, 0) is 111 Å². The van der Waals surface area contributed by atoms with E-state index in [0.717, 1.165) is 29.3 Å². The predicted molar refractivity (Wildman–Crippen MR) is 231 cm³/mol. The highest BCUT2D eigenvalue weighted by Crippen LogP contribution is 2.54. The summed E-state index contributed by atoms with van der Waals surface area (Å²) >= 11 is 0. The highest BCUT2D eigenvalue weighted by Gasteiger charge is 2.59. The maximum Gasteiger partial charge on any atom is 0.410 e. The molecule has 2 amide bonds. The van der Waals surface area contributed by atoms with E-state index >= 15 is 13.6 Å². The lowest BCUT2D eigenvalue weighted by Crippen LogP contribution is -2.45. The van der Waals surface area contributed by atoms with Gasteiger partial charge in [-0.15, -0.1) is 0 Å². The quantitative estimate of drug-likeness (QED) is 0.113. The highest BCUT2D eigenvalue weighted by atomic mass is 19.1. The molecule has 3 aliphatic rings. The minimum Gasteiger partial charge on any atom is -0.465 e. The van der Waals surface area contributed by atoms with E-state index in [9.17, 15) is 14.7 Å². The Morgan fingerprint density at radius 2 is 1.65 bits per heavy atom. The van der Waals surface area contributed by atoms with Crippen LogP contribution in [0.4, 0.5) is 13.6 Å². The normalized spacial score (nSPS) is 20.1.